The lowest BCUT2D eigenvalue weighted by Crippen LogP contribution is -2.17. The fourth-order valence-electron chi connectivity index (χ4n) is 2.58. The molecule has 0 unspecified atom stereocenters. The van der Waals surface area contributed by atoms with Gasteiger partial charge in [-0.05, 0) is 80.1 Å². The van der Waals surface area contributed by atoms with E-state index in [2.05, 4.69) is 10.5 Å². The number of hydrogen-bond donors (Lipinski definition) is 1. The van der Waals surface area contributed by atoms with E-state index < -0.39 is 5.97 Å². The van der Waals surface area contributed by atoms with E-state index in [1.54, 1.807) is 60.7 Å². The topological polar surface area (TPSA) is 77.0 Å². The number of ether oxygens (including phenoxy) is 2. The lowest BCUT2D eigenvalue weighted by atomic mass is 10.1. The van der Waals surface area contributed by atoms with E-state index in [1.165, 1.54) is 6.21 Å². The molecular weight excluding hydrogens is 380 g/mol. The Morgan fingerprint density at radius 3 is 2.10 bits per heavy atom. The van der Waals surface area contributed by atoms with Gasteiger partial charge in [0.1, 0.15) is 11.5 Å². The number of carbonyl (C=O) groups is 2. The number of carbonyl (C=O) groups excluding carboxylic acids is 2. The quantitative estimate of drug-likeness (QED) is 0.275. The van der Waals surface area contributed by atoms with Crippen molar-refractivity contribution in [3.05, 3.63) is 95.1 Å². The zero-order valence-electron chi connectivity index (χ0n) is 16.8. The second-order valence-electron chi connectivity index (χ2n) is 6.48. The first-order valence-electron chi connectivity index (χ1n) is 9.50. The van der Waals surface area contributed by atoms with Crippen LogP contribution in [0, 0.1) is 6.92 Å². The van der Waals surface area contributed by atoms with E-state index in [9.17, 15) is 9.59 Å². The molecule has 0 heterocycles. The molecule has 0 aromatic heterocycles. The highest BCUT2D eigenvalue weighted by Crippen LogP contribution is 2.14. The predicted molar refractivity (Wildman–Crippen MR) is 115 cm³/mol. The molecule has 3 rings (SSSR count). The summed E-state index contributed by atoms with van der Waals surface area (Å²) in [6.45, 7) is 4.42. The van der Waals surface area contributed by atoms with E-state index in [1.807, 2.05) is 26.0 Å². The predicted octanol–water partition coefficient (Wildman–Crippen LogP) is 4.38. The summed E-state index contributed by atoms with van der Waals surface area (Å²) in [6.07, 6.45) is 1.51. The van der Waals surface area contributed by atoms with Crippen LogP contribution in [0.3, 0.4) is 0 Å². The zero-order valence-corrected chi connectivity index (χ0v) is 16.8. The first-order chi connectivity index (χ1) is 14.5. The Bertz CT molecular complexity index is 1020. The number of rotatable bonds is 7. The van der Waals surface area contributed by atoms with Gasteiger partial charge in [0.25, 0.3) is 5.91 Å². The van der Waals surface area contributed by atoms with Crippen molar-refractivity contribution in [3.63, 3.8) is 0 Å². The third kappa shape index (κ3) is 5.78. The van der Waals surface area contributed by atoms with Crippen molar-refractivity contribution < 1.29 is 19.1 Å². The van der Waals surface area contributed by atoms with Gasteiger partial charge in [-0.25, -0.2) is 10.2 Å². The van der Waals surface area contributed by atoms with Gasteiger partial charge in [0.15, 0.2) is 0 Å². The van der Waals surface area contributed by atoms with E-state index in [0.29, 0.717) is 29.2 Å². The van der Waals surface area contributed by atoms with Gasteiger partial charge in [0.2, 0.25) is 0 Å². The smallest absolute Gasteiger partial charge is 0.343 e. The maximum atomic E-state index is 12.1. The van der Waals surface area contributed by atoms with Crippen LogP contribution in [0.25, 0.3) is 0 Å². The lowest BCUT2D eigenvalue weighted by molar-refractivity contribution is 0.0734. The monoisotopic (exact) mass is 402 g/mol. The third-order valence-electron chi connectivity index (χ3n) is 4.19. The van der Waals surface area contributed by atoms with Crippen molar-refractivity contribution in [1.82, 2.24) is 5.43 Å². The zero-order chi connectivity index (χ0) is 21.3. The molecule has 0 aliphatic heterocycles. The Morgan fingerprint density at radius 2 is 1.47 bits per heavy atom. The van der Waals surface area contributed by atoms with E-state index in [4.69, 9.17) is 9.47 Å². The minimum absolute atomic E-state index is 0.321. The number of hydrazone groups is 1. The van der Waals surface area contributed by atoms with Crippen molar-refractivity contribution in [2.75, 3.05) is 6.61 Å². The van der Waals surface area contributed by atoms with Gasteiger partial charge >= 0.3 is 5.97 Å². The van der Waals surface area contributed by atoms with Gasteiger partial charge < -0.3 is 9.47 Å². The minimum Gasteiger partial charge on any atom is -0.494 e. The fourth-order valence-corrected chi connectivity index (χ4v) is 2.58. The maximum Gasteiger partial charge on any atom is 0.343 e. The number of benzene rings is 3. The van der Waals surface area contributed by atoms with Crippen molar-refractivity contribution in [3.8, 4) is 11.5 Å². The summed E-state index contributed by atoms with van der Waals surface area (Å²) in [5.74, 6) is 0.397. The van der Waals surface area contributed by atoms with Crippen molar-refractivity contribution in [2.24, 2.45) is 5.10 Å². The molecule has 152 valence electrons. The molecule has 0 fully saturated rings. The second-order valence-corrected chi connectivity index (χ2v) is 6.48. The highest BCUT2D eigenvalue weighted by molar-refractivity contribution is 5.95. The van der Waals surface area contributed by atoms with Crippen LogP contribution in [0.5, 0.6) is 11.5 Å². The normalized spacial score (nSPS) is 10.6. The van der Waals surface area contributed by atoms with Crippen LogP contribution in [-0.2, 0) is 0 Å². The molecular formula is C24H22N2O4. The number of aryl methyl sites for hydroxylation is 1. The second kappa shape index (κ2) is 10.0. The molecule has 3 aromatic rings. The molecule has 0 saturated carbocycles. The Labute approximate surface area is 175 Å². The molecule has 0 aliphatic rings. The van der Waals surface area contributed by atoms with Crippen molar-refractivity contribution in [2.45, 2.75) is 13.8 Å². The van der Waals surface area contributed by atoms with Crippen LogP contribution < -0.4 is 14.9 Å². The molecule has 0 radical (unpaired) electrons. The van der Waals surface area contributed by atoms with Crippen molar-refractivity contribution in [1.29, 1.82) is 0 Å². The highest BCUT2D eigenvalue weighted by Gasteiger charge is 2.08. The Kier molecular flexibility index (Phi) is 6.95. The van der Waals surface area contributed by atoms with Gasteiger partial charge in [0.05, 0.1) is 18.4 Å². The summed E-state index contributed by atoms with van der Waals surface area (Å²) in [4.78, 5) is 24.3. The molecule has 0 saturated heterocycles. The SMILES string of the molecule is CCOc1ccc(C(=O)N/N=C/c2ccc(OC(=O)c3ccc(C)cc3)cc2)cc1. The Hall–Kier alpha value is -3.93. The van der Waals surface area contributed by atoms with Crippen LogP contribution in [0.2, 0.25) is 0 Å². The molecule has 3 aromatic carbocycles. The molecule has 0 atom stereocenters. The average Bonchev–Trinajstić information content (AvgIpc) is 2.76. The van der Waals surface area contributed by atoms with E-state index >= 15 is 0 Å². The lowest BCUT2D eigenvalue weighted by Gasteiger charge is -2.05. The summed E-state index contributed by atoms with van der Waals surface area (Å²) in [5, 5.41) is 3.96. The van der Waals surface area contributed by atoms with Crippen molar-refractivity contribution >= 4 is 18.1 Å². The number of hydrogen-bond acceptors (Lipinski definition) is 5. The van der Waals surface area contributed by atoms with Gasteiger partial charge in [-0.3, -0.25) is 4.79 Å². The standard InChI is InChI=1S/C24H22N2O4/c1-3-29-21-14-10-19(11-15-21)23(27)26-25-16-18-6-12-22(13-7-18)30-24(28)20-8-4-17(2)5-9-20/h4-16H,3H2,1-2H3,(H,26,27)/b25-16+. The summed E-state index contributed by atoms with van der Waals surface area (Å²) >= 11 is 0. The van der Waals surface area contributed by atoms with Gasteiger partial charge in [-0.15, -0.1) is 0 Å². The molecule has 0 aliphatic carbocycles. The Morgan fingerprint density at radius 1 is 0.867 bits per heavy atom. The number of amides is 1. The molecule has 1 amide bonds. The van der Waals surface area contributed by atoms with E-state index in [0.717, 1.165) is 11.1 Å². The molecule has 6 heteroatoms. The Balaban J connectivity index is 1.53. The molecule has 6 nitrogen and oxygen atoms in total. The molecule has 0 spiro atoms. The van der Waals surface area contributed by atoms with Crippen LogP contribution in [0.4, 0.5) is 0 Å². The number of nitrogens with one attached hydrogen (secondary N) is 1. The minimum atomic E-state index is -0.418. The van der Waals surface area contributed by atoms with Gasteiger partial charge in [0, 0.05) is 5.56 Å². The number of esters is 1. The largest absolute Gasteiger partial charge is 0.494 e. The molecule has 0 bridgehead atoms. The van der Waals surface area contributed by atoms with Crippen LogP contribution >= 0.6 is 0 Å². The van der Waals surface area contributed by atoms with Crippen LogP contribution in [0.15, 0.2) is 77.9 Å². The first kappa shape index (κ1) is 20.8. The third-order valence-corrected chi connectivity index (χ3v) is 4.19. The molecule has 1 N–H and O–H groups in total. The summed E-state index contributed by atoms with van der Waals surface area (Å²) < 4.78 is 10.7. The van der Waals surface area contributed by atoms with E-state index in [-0.39, 0.29) is 5.91 Å². The van der Waals surface area contributed by atoms with Gasteiger partial charge in [-0.1, -0.05) is 17.7 Å². The summed E-state index contributed by atoms with van der Waals surface area (Å²) in [7, 11) is 0. The summed E-state index contributed by atoms with van der Waals surface area (Å²) in [6, 6.07) is 20.8. The van der Waals surface area contributed by atoms with Crippen LogP contribution in [0.1, 0.15) is 38.8 Å². The summed E-state index contributed by atoms with van der Waals surface area (Å²) in [5.41, 5.74) is 5.27. The van der Waals surface area contributed by atoms with Gasteiger partial charge in [-0.2, -0.15) is 5.10 Å². The number of nitrogens with zero attached hydrogens (tertiary/aromatic N) is 1. The van der Waals surface area contributed by atoms with Crippen LogP contribution in [-0.4, -0.2) is 24.7 Å². The fraction of sp³-hybridized carbons (Fsp3) is 0.125. The highest BCUT2D eigenvalue weighted by atomic mass is 16.5. The first-order valence-corrected chi connectivity index (χ1v) is 9.50. The average molecular weight is 402 g/mol. The maximum absolute atomic E-state index is 12.1. The molecule has 30 heavy (non-hydrogen) atoms.